The van der Waals surface area contributed by atoms with Gasteiger partial charge in [0.15, 0.2) is 0 Å². The lowest BCUT2D eigenvalue weighted by atomic mass is 9.93. The molecule has 2 rings (SSSR count). The second kappa shape index (κ2) is 4.83. The highest BCUT2D eigenvalue weighted by Crippen LogP contribution is 2.35. The topological polar surface area (TPSA) is 35.2 Å². The summed E-state index contributed by atoms with van der Waals surface area (Å²) in [6, 6.07) is 2.19. The smallest absolute Gasteiger partial charge is 0.0960 e. The number of rotatable bonds is 2. The maximum absolute atomic E-state index is 6.22. The Kier molecular flexibility index (Phi) is 3.67. The summed E-state index contributed by atoms with van der Waals surface area (Å²) in [4.78, 5) is 1.19. The fraction of sp³-hybridized carbons (Fsp3) is 0.636. The summed E-state index contributed by atoms with van der Waals surface area (Å²) in [6.45, 7) is 3.69. The van der Waals surface area contributed by atoms with Crippen LogP contribution in [-0.2, 0) is 4.74 Å². The van der Waals surface area contributed by atoms with E-state index >= 15 is 0 Å². The first-order valence-electron chi connectivity index (χ1n) is 5.27. The average Bonchev–Trinajstić information content (AvgIpc) is 2.59. The van der Waals surface area contributed by atoms with Gasteiger partial charge in [0.05, 0.1) is 10.9 Å². The lowest BCUT2D eigenvalue weighted by Crippen LogP contribution is -2.28. The van der Waals surface area contributed by atoms with Gasteiger partial charge >= 0.3 is 0 Å². The van der Waals surface area contributed by atoms with E-state index in [1.165, 1.54) is 4.88 Å². The third-order valence-electron chi connectivity index (χ3n) is 2.91. The molecule has 0 bridgehead atoms. The van der Waals surface area contributed by atoms with Gasteiger partial charge in [-0.1, -0.05) is 11.6 Å². The predicted octanol–water partition coefficient (Wildman–Crippen LogP) is 3.14. The average molecular weight is 246 g/mol. The van der Waals surface area contributed by atoms with Crippen LogP contribution in [0.5, 0.6) is 0 Å². The molecule has 84 valence electrons. The molecule has 1 aromatic heterocycles. The van der Waals surface area contributed by atoms with Gasteiger partial charge in [0, 0.05) is 23.4 Å². The van der Waals surface area contributed by atoms with Crippen molar-refractivity contribution in [3.05, 3.63) is 20.8 Å². The molecule has 1 aliphatic rings. The van der Waals surface area contributed by atoms with Crippen LogP contribution in [0.25, 0.3) is 0 Å². The Morgan fingerprint density at radius 2 is 2.47 bits per heavy atom. The first-order valence-corrected chi connectivity index (χ1v) is 6.47. The molecule has 0 saturated carbocycles. The van der Waals surface area contributed by atoms with E-state index in [-0.39, 0.29) is 6.04 Å². The van der Waals surface area contributed by atoms with Crippen molar-refractivity contribution >= 4 is 22.9 Å². The summed E-state index contributed by atoms with van der Waals surface area (Å²) in [6.07, 6.45) is 2.28. The van der Waals surface area contributed by atoms with Crippen LogP contribution in [0.2, 0.25) is 4.34 Å². The largest absolute Gasteiger partial charge is 0.381 e. The SMILES string of the molecule is Cc1cc(C(N)C2CCCOC2)sc1Cl. The van der Waals surface area contributed by atoms with E-state index in [2.05, 4.69) is 6.07 Å². The maximum atomic E-state index is 6.22. The van der Waals surface area contributed by atoms with Crippen molar-refractivity contribution in [3.8, 4) is 0 Å². The molecular formula is C11H16ClNOS. The second-order valence-corrected chi connectivity index (χ2v) is 5.79. The van der Waals surface area contributed by atoms with E-state index in [4.69, 9.17) is 22.1 Å². The van der Waals surface area contributed by atoms with Crippen LogP contribution < -0.4 is 5.73 Å². The summed E-state index contributed by atoms with van der Waals surface area (Å²) in [7, 11) is 0. The number of ether oxygens (including phenoxy) is 1. The first kappa shape index (κ1) is 11.4. The molecule has 0 aromatic carbocycles. The number of thiophene rings is 1. The Morgan fingerprint density at radius 3 is 3.00 bits per heavy atom. The van der Waals surface area contributed by atoms with Crippen molar-refractivity contribution < 1.29 is 4.74 Å². The molecule has 0 amide bonds. The summed E-state index contributed by atoms with van der Waals surface area (Å²) in [5.41, 5.74) is 7.35. The molecule has 1 fully saturated rings. The van der Waals surface area contributed by atoms with E-state index in [1.807, 2.05) is 6.92 Å². The van der Waals surface area contributed by atoms with Gasteiger partial charge in [0.1, 0.15) is 0 Å². The van der Waals surface area contributed by atoms with Gasteiger partial charge in [-0.15, -0.1) is 11.3 Å². The van der Waals surface area contributed by atoms with Crippen LogP contribution in [-0.4, -0.2) is 13.2 Å². The molecular weight excluding hydrogens is 230 g/mol. The Bertz CT molecular complexity index is 314. The molecule has 1 saturated heterocycles. The number of aryl methyl sites for hydroxylation is 1. The fourth-order valence-electron chi connectivity index (χ4n) is 1.93. The Hall–Kier alpha value is -0.0900. The minimum atomic E-state index is 0.0847. The van der Waals surface area contributed by atoms with Gasteiger partial charge in [-0.05, 0) is 31.4 Å². The third-order valence-corrected chi connectivity index (χ3v) is 4.56. The zero-order valence-electron chi connectivity index (χ0n) is 8.83. The van der Waals surface area contributed by atoms with Crippen molar-refractivity contribution in [2.45, 2.75) is 25.8 Å². The summed E-state index contributed by atoms with van der Waals surface area (Å²) >= 11 is 7.65. The minimum Gasteiger partial charge on any atom is -0.381 e. The normalized spacial score (nSPS) is 24.1. The quantitative estimate of drug-likeness (QED) is 0.869. The van der Waals surface area contributed by atoms with E-state index in [0.717, 1.165) is 36.0 Å². The molecule has 1 aromatic rings. The van der Waals surface area contributed by atoms with Crippen molar-refractivity contribution in [3.63, 3.8) is 0 Å². The minimum absolute atomic E-state index is 0.0847. The first-order chi connectivity index (χ1) is 7.18. The number of nitrogens with two attached hydrogens (primary N) is 1. The van der Waals surface area contributed by atoms with Crippen LogP contribution in [0, 0.1) is 12.8 Å². The van der Waals surface area contributed by atoms with E-state index in [1.54, 1.807) is 11.3 Å². The lowest BCUT2D eigenvalue weighted by Gasteiger charge is -2.26. The van der Waals surface area contributed by atoms with Crippen LogP contribution >= 0.6 is 22.9 Å². The second-order valence-electron chi connectivity index (χ2n) is 4.11. The van der Waals surface area contributed by atoms with Crippen LogP contribution in [0.3, 0.4) is 0 Å². The highest BCUT2D eigenvalue weighted by atomic mass is 35.5. The number of halogens is 1. The van der Waals surface area contributed by atoms with Gasteiger partial charge in [-0.25, -0.2) is 0 Å². The standard InChI is InChI=1S/C11H16ClNOS/c1-7-5-9(15-11(7)12)10(13)8-3-2-4-14-6-8/h5,8,10H,2-4,6,13H2,1H3. The van der Waals surface area contributed by atoms with E-state index in [0.29, 0.717) is 5.92 Å². The summed E-state index contributed by atoms with van der Waals surface area (Å²) in [5.74, 6) is 0.452. The molecule has 2 N–H and O–H groups in total. The molecule has 0 radical (unpaired) electrons. The lowest BCUT2D eigenvalue weighted by molar-refractivity contribution is 0.0452. The molecule has 0 spiro atoms. The predicted molar refractivity (Wildman–Crippen MR) is 64.5 cm³/mol. The molecule has 2 heterocycles. The highest BCUT2D eigenvalue weighted by molar-refractivity contribution is 7.16. The molecule has 2 nitrogen and oxygen atoms in total. The van der Waals surface area contributed by atoms with Crippen molar-refractivity contribution in [1.82, 2.24) is 0 Å². The number of hydrogen-bond acceptors (Lipinski definition) is 3. The monoisotopic (exact) mass is 245 g/mol. The van der Waals surface area contributed by atoms with Gasteiger partial charge in [0.2, 0.25) is 0 Å². The van der Waals surface area contributed by atoms with Crippen LogP contribution in [0.1, 0.15) is 29.3 Å². The third kappa shape index (κ3) is 2.53. The van der Waals surface area contributed by atoms with E-state index < -0.39 is 0 Å². The zero-order valence-corrected chi connectivity index (χ0v) is 10.4. The van der Waals surface area contributed by atoms with Gasteiger partial charge in [-0.2, -0.15) is 0 Å². The number of hydrogen-bond donors (Lipinski definition) is 1. The van der Waals surface area contributed by atoms with Crippen molar-refractivity contribution in [1.29, 1.82) is 0 Å². The summed E-state index contributed by atoms with van der Waals surface area (Å²) in [5, 5.41) is 0. The van der Waals surface area contributed by atoms with Crippen molar-refractivity contribution in [2.24, 2.45) is 11.7 Å². The summed E-state index contributed by atoms with van der Waals surface area (Å²) < 4.78 is 6.31. The molecule has 0 aliphatic carbocycles. The van der Waals surface area contributed by atoms with Crippen molar-refractivity contribution in [2.75, 3.05) is 13.2 Å². The van der Waals surface area contributed by atoms with Gasteiger partial charge in [0.25, 0.3) is 0 Å². The molecule has 2 atom stereocenters. The maximum Gasteiger partial charge on any atom is 0.0960 e. The Balaban J connectivity index is 2.08. The Morgan fingerprint density at radius 1 is 1.67 bits per heavy atom. The van der Waals surface area contributed by atoms with Gasteiger partial charge in [-0.3, -0.25) is 0 Å². The zero-order chi connectivity index (χ0) is 10.8. The van der Waals surface area contributed by atoms with E-state index in [9.17, 15) is 0 Å². The fourth-order valence-corrected chi connectivity index (χ4v) is 3.24. The molecule has 1 aliphatic heterocycles. The highest BCUT2D eigenvalue weighted by Gasteiger charge is 2.24. The van der Waals surface area contributed by atoms with Gasteiger partial charge < -0.3 is 10.5 Å². The van der Waals surface area contributed by atoms with Crippen LogP contribution in [0.15, 0.2) is 6.07 Å². The molecule has 2 unspecified atom stereocenters. The Labute approximate surface area is 99.4 Å². The molecule has 15 heavy (non-hydrogen) atoms. The molecule has 4 heteroatoms. The van der Waals surface area contributed by atoms with Crippen LogP contribution in [0.4, 0.5) is 0 Å².